The topological polar surface area (TPSA) is 81.4 Å². The summed E-state index contributed by atoms with van der Waals surface area (Å²) < 4.78 is 33.2. The van der Waals surface area contributed by atoms with Crippen molar-refractivity contribution in [1.82, 2.24) is 9.55 Å². The first-order chi connectivity index (χ1) is 13.6. The molecule has 1 aliphatic rings. The molecule has 1 atom stereocenters. The van der Waals surface area contributed by atoms with Crippen molar-refractivity contribution in [3.8, 4) is 0 Å². The summed E-state index contributed by atoms with van der Waals surface area (Å²) in [5, 5.41) is 9.23. The van der Waals surface area contributed by atoms with Crippen molar-refractivity contribution in [3.05, 3.63) is 24.0 Å². The second-order valence-electron chi connectivity index (χ2n) is 9.65. The zero-order valence-electron chi connectivity index (χ0n) is 18.4. The van der Waals surface area contributed by atoms with Gasteiger partial charge in [0.15, 0.2) is 9.84 Å². The molecule has 3 rings (SSSR count). The Morgan fingerprint density at radius 3 is 2.53 bits per heavy atom. The maximum Gasteiger partial charge on any atom is 0.178 e. The zero-order chi connectivity index (χ0) is 21.2. The first-order valence-corrected chi connectivity index (χ1v) is 12.1. The maximum atomic E-state index is 12.7. The predicted molar refractivity (Wildman–Crippen MR) is 122 cm³/mol. The van der Waals surface area contributed by atoms with Crippen molar-refractivity contribution in [1.29, 1.82) is 0 Å². The van der Waals surface area contributed by atoms with Crippen LogP contribution in [0.3, 0.4) is 0 Å². The molecule has 0 saturated carbocycles. The molecule has 0 bridgehead atoms. The lowest BCUT2D eigenvalue weighted by Crippen LogP contribution is -2.22. The standard InChI is InChI=1S/C22H34N2O4S.ClH/c1-16(14-25)15-29(26,27)18-5-6-20-19(11-18)23-21(12-22(2,3)4)24(20)13-17-7-9-28-10-8-17;/h5-6,11,16-17,25H,7-10,12-15H2,1-4H3;1H. The highest BCUT2D eigenvalue weighted by Gasteiger charge is 2.24. The Morgan fingerprint density at radius 2 is 1.93 bits per heavy atom. The monoisotopic (exact) mass is 458 g/mol. The summed E-state index contributed by atoms with van der Waals surface area (Å²) in [7, 11) is -3.45. The van der Waals surface area contributed by atoms with E-state index in [1.54, 1.807) is 19.1 Å². The van der Waals surface area contributed by atoms with E-state index >= 15 is 0 Å². The van der Waals surface area contributed by atoms with Crippen LogP contribution in [0.4, 0.5) is 0 Å². The van der Waals surface area contributed by atoms with Gasteiger partial charge in [-0.1, -0.05) is 27.7 Å². The lowest BCUT2D eigenvalue weighted by atomic mass is 9.91. The largest absolute Gasteiger partial charge is 0.396 e. The number of benzene rings is 1. The summed E-state index contributed by atoms with van der Waals surface area (Å²) in [6.07, 6.45) is 2.91. The third-order valence-electron chi connectivity index (χ3n) is 5.44. The van der Waals surface area contributed by atoms with E-state index in [2.05, 4.69) is 25.3 Å². The SMILES string of the molecule is CC(CO)CS(=O)(=O)c1ccc2c(c1)nc(CC(C)(C)C)n2CC1CCOCC1.Cl. The Balaban J connectivity index is 0.00000320. The van der Waals surface area contributed by atoms with Crippen LogP contribution < -0.4 is 0 Å². The molecule has 1 aromatic heterocycles. The minimum Gasteiger partial charge on any atom is -0.396 e. The van der Waals surface area contributed by atoms with E-state index < -0.39 is 9.84 Å². The molecule has 0 amide bonds. The van der Waals surface area contributed by atoms with Gasteiger partial charge in [0.05, 0.1) is 21.7 Å². The number of aliphatic hydroxyl groups is 1. The molecule has 1 aliphatic heterocycles. The average molecular weight is 459 g/mol. The van der Waals surface area contributed by atoms with Crippen LogP contribution in [0.15, 0.2) is 23.1 Å². The van der Waals surface area contributed by atoms with Gasteiger partial charge in [-0.2, -0.15) is 0 Å². The molecule has 1 saturated heterocycles. The van der Waals surface area contributed by atoms with Gasteiger partial charge in [0.25, 0.3) is 0 Å². The lowest BCUT2D eigenvalue weighted by Gasteiger charge is -2.25. The van der Waals surface area contributed by atoms with Gasteiger partial charge < -0.3 is 14.4 Å². The Kier molecular flexibility index (Phi) is 8.36. The van der Waals surface area contributed by atoms with Crippen molar-refractivity contribution in [2.75, 3.05) is 25.6 Å². The molecule has 1 fully saturated rings. The lowest BCUT2D eigenvalue weighted by molar-refractivity contribution is 0.0612. The Bertz CT molecular complexity index is 944. The van der Waals surface area contributed by atoms with Gasteiger partial charge in [-0.3, -0.25) is 0 Å². The van der Waals surface area contributed by atoms with Gasteiger partial charge in [0.1, 0.15) is 5.82 Å². The number of ether oxygens (including phenoxy) is 1. The van der Waals surface area contributed by atoms with Gasteiger partial charge in [-0.15, -0.1) is 12.4 Å². The summed E-state index contributed by atoms with van der Waals surface area (Å²) in [4.78, 5) is 5.14. The van der Waals surface area contributed by atoms with E-state index in [9.17, 15) is 13.5 Å². The fourth-order valence-corrected chi connectivity index (χ4v) is 5.49. The Hall–Kier alpha value is -1.15. The van der Waals surface area contributed by atoms with Crippen LogP contribution in [-0.4, -0.2) is 48.6 Å². The first-order valence-electron chi connectivity index (χ1n) is 10.5. The second-order valence-corrected chi connectivity index (χ2v) is 11.7. The van der Waals surface area contributed by atoms with Crippen LogP contribution in [0, 0.1) is 17.3 Å². The minimum atomic E-state index is -3.45. The fraction of sp³-hybridized carbons (Fsp3) is 0.682. The second kappa shape index (κ2) is 9.98. The van der Waals surface area contributed by atoms with Crippen LogP contribution in [0.1, 0.15) is 46.4 Å². The van der Waals surface area contributed by atoms with E-state index in [0.717, 1.165) is 55.9 Å². The fourth-order valence-electron chi connectivity index (χ4n) is 3.88. The molecule has 0 spiro atoms. The van der Waals surface area contributed by atoms with Crippen molar-refractivity contribution in [3.63, 3.8) is 0 Å². The van der Waals surface area contributed by atoms with E-state index in [0.29, 0.717) is 5.92 Å². The highest BCUT2D eigenvalue weighted by molar-refractivity contribution is 7.91. The number of hydrogen-bond donors (Lipinski definition) is 1. The number of halogens is 1. The van der Waals surface area contributed by atoms with E-state index in [1.165, 1.54) is 0 Å². The van der Waals surface area contributed by atoms with Crippen molar-refractivity contribution in [2.24, 2.45) is 17.3 Å². The summed E-state index contributed by atoms with van der Waals surface area (Å²) in [5.41, 5.74) is 1.80. The average Bonchev–Trinajstić information content (AvgIpc) is 2.97. The molecular formula is C22H35ClN2O4S. The number of sulfone groups is 1. The highest BCUT2D eigenvalue weighted by atomic mass is 35.5. The third-order valence-corrected chi connectivity index (χ3v) is 7.42. The van der Waals surface area contributed by atoms with E-state index in [-0.39, 0.29) is 41.0 Å². The van der Waals surface area contributed by atoms with Crippen LogP contribution in [0.25, 0.3) is 11.0 Å². The Labute approximate surface area is 186 Å². The van der Waals surface area contributed by atoms with Crippen LogP contribution >= 0.6 is 12.4 Å². The summed E-state index contributed by atoms with van der Waals surface area (Å²) in [6, 6.07) is 5.27. The molecule has 2 heterocycles. The summed E-state index contributed by atoms with van der Waals surface area (Å²) in [5.74, 6) is 1.20. The van der Waals surface area contributed by atoms with Gasteiger partial charge in [0.2, 0.25) is 0 Å². The number of nitrogens with zero attached hydrogens (tertiary/aromatic N) is 2. The van der Waals surface area contributed by atoms with Crippen LogP contribution in [0.5, 0.6) is 0 Å². The van der Waals surface area contributed by atoms with Crippen molar-refractivity contribution >= 4 is 33.3 Å². The van der Waals surface area contributed by atoms with Crippen LogP contribution in [-0.2, 0) is 27.5 Å². The van der Waals surface area contributed by atoms with Crippen molar-refractivity contribution in [2.45, 2.75) is 58.4 Å². The molecular weight excluding hydrogens is 424 g/mol. The number of aromatic nitrogens is 2. The number of rotatable bonds is 7. The number of aliphatic hydroxyl groups excluding tert-OH is 1. The van der Waals surface area contributed by atoms with Crippen LogP contribution in [0.2, 0.25) is 0 Å². The van der Waals surface area contributed by atoms with Crippen molar-refractivity contribution < 1.29 is 18.3 Å². The molecule has 0 aliphatic carbocycles. The molecule has 1 N–H and O–H groups in total. The predicted octanol–water partition coefficient (Wildman–Crippen LogP) is 3.88. The molecule has 8 heteroatoms. The normalized spacial score (nSPS) is 17.1. The molecule has 1 unspecified atom stereocenters. The molecule has 6 nitrogen and oxygen atoms in total. The maximum absolute atomic E-state index is 12.7. The number of hydrogen-bond acceptors (Lipinski definition) is 5. The first kappa shape index (κ1) is 25.1. The Morgan fingerprint density at radius 1 is 1.27 bits per heavy atom. The third kappa shape index (κ3) is 6.19. The summed E-state index contributed by atoms with van der Waals surface area (Å²) >= 11 is 0. The van der Waals surface area contributed by atoms with E-state index in [4.69, 9.17) is 9.72 Å². The smallest absolute Gasteiger partial charge is 0.178 e. The molecule has 2 aromatic rings. The number of imidazole rings is 1. The number of fused-ring (bicyclic) bond motifs is 1. The van der Waals surface area contributed by atoms with Gasteiger partial charge >= 0.3 is 0 Å². The zero-order valence-corrected chi connectivity index (χ0v) is 20.1. The van der Waals surface area contributed by atoms with E-state index in [1.807, 2.05) is 6.07 Å². The molecule has 30 heavy (non-hydrogen) atoms. The minimum absolute atomic E-state index is 0. The quantitative estimate of drug-likeness (QED) is 0.680. The highest BCUT2D eigenvalue weighted by Crippen LogP contribution is 2.28. The summed E-state index contributed by atoms with van der Waals surface area (Å²) in [6.45, 7) is 10.7. The van der Waals surface area contributed by atoms with Gasteiger partial charge in [-0.05, 0) is 48.3 Å². The molecule has 0 radical (unpaired) electrons. The van der Waals surface area contributed by atoms with Gasteiger partial charge in [0, 0.05) is 32.8 Å². The van der Waals surface area contributed by atoms with Gasteiger partial charge in [-0.25, -0.2) is 13.4 Å². The molecule has 1 aromatic carbocycles. The molecule has 170 valence electrons.